The molecule has 2 aromatic rings. The molecule has 2 fully saturated rings. The van der Waals surface area contributed by atoms with E-state index >= 15 is 0 Å². The summed E-state index contributed by atoms with van der Waals surface area (Å²) in [5.74, 6) is 0.0765. The molecule has 1 saturated heterocycles. The minimum atomic E-state index is -0.166. The first-order valence-electron chi connectivity index (χ1n) is 10.9. The molecule has 30 heavy (non-hydrogen) atoms. The van der Waals surface area contributed by atoms with Crippen LogP contribution in [0.25, 0.3) is 10.9 Å². The van der Waals surface area contributed by atoms with Crippen LogP contribution in [0, 0.1) is 4.77 Å². The van der Waals surface area contributed by atoms with Crippen LogP contribution >= 0.6 is 12.2 Å². The number of fused-ring (bicyclic) bond motifs is 1. The molecule has 7 nitrogen and oxygen atoms in total. The number of benzene rings is 1. The summed E-state index contributed by atoms with van der Waals surface area (Å²) in [7, 11) is 0. The van der Waals surface area contributed by atoms with Crippen LogP contribution in [0.4, 0.5) is 0 Å². The average molecular weight is 429 g/mol. The van der Waals surface area contributed by atoms with Crippen LogP contribution in [0.5, 0.6) is 0 Å². The minimum Gasteiger partial charge on any atom is -0.349 e. The monoisotopic (exact) mass is 428 g/mol. The Labute approximate surface area is 180 Å². The number of H-pyrrole nitrogens is 1. The highest BCUT2D eigenvalue weighted by atomic mass is 32.1. The van der Waals surface area contributed by atoms with Gasteiger partial charge in [-0.3, -0.25) is 19.0 Å². The van der Waals surface area contributed by atoms with Gasteiger partial charge < -0.3 is 15.2 Å². The van der Waals surface area contributed by atoms with Gasteiger partial charge in [-0.05, 0) is 56.1 Å². The number of hydrogen-bond donors (Lipinski definition) is 2. The first-order chi connectivity index (χ1) is 14.5. The predicted molar refractivity (Wildman–Crippen MR) is 118 cm³/mol. The maximum Gasteiger partial charge on any atom is 0.262 e. The number of rotatable bonds is 6. The Morgan fingerprint density at radius 1 is 1.13 bits per heavy atom. The standard InChI is InChI=1S/C22H28N4O3S/c27-19-8-4-11-25(19)12-5-13-26-21(29)17-10-9-15(14-18(17)24-22(26)30)20(28)23-16-6-2-1-3-7-16/h9-10,14,16H,1-8,11-13H2,(H,23,28)(H,24,30). The van der Waals surface area contributed by atoms with Gasteiger partial charge in [0.25, 0.3) is 11.5 Å². The molecule has 0 unspecified atom stereocenters. The normalized spacial score (nSPS) is 17.6. The molecular weight excluding hydrogens is 400 g/mol. The molecule has 2 N–H and O–H groups in total. The maximum absolute atomic E-state index is 12.9. The van der Waals surface area contributed by atoms with Gasteiger partial charge in [0, 0.05) is 37.7 Å². The summed E-state index contributed by atoms with van der Waals surface area (Å²) in [6.07, 6.45) is 7.79. The molecule has 2 heterocycles. The third-order valence-corrected chi connectivity index (χ3v) is 6.49. The van der Waals surface area contributed by atoms with Crippen LogP contribution < -0.4 is 10.9 Å². The molecule has 1 aromatic carbocycles. The third-order valence-electron chi connectivity index (χ3n) is 6.17. The van der Waals surface area contributed by atoms with E-state index in [1.54, 1.807) is 22.8 Å². The third kappa shape index (κ3) is 4.48. The molecule has 4 rings (SSSR count). The highest BCUT2D eigenvalue weighted by molar-refractivity contribution is 7.71. The largest absolute Gasteiger partial charge is 0.349 e. The van der Waals surface area contributed by atoms with Crippen molar-refractivity contribution in [3.8, 4) is 0 Å². The van der Waals surface area contributed by atoms with Crippen LogP contribution in [-0.2, 0) is 11.3 Å². The number of carbonyl (C=O) groups excluding carboxylic acids is 2. The van der Waals surface area contributed by atoms with Crippen LogP contribution in [0.1, 0.15) is 61.7 Å². The molecule has 0 bridgehead atoms. The summed E-state index contributed by atoms with van der Waals surface area (Å²) in [5, 5.41) is 3.61. The van der Waals surface area contributed by atoms with Crippen molar-refractivity contribution in [1.29, 1.82) is 0 Å². The zero-order valence-corrected chi connectivity index (χ0v) is 17.9. The summed E-state index contributed by atoms with van der Waals surface area (Å²) in [6.45, 7) is 1.89. The van der Waals surface area contributed by atoms with Gasteiger partial charge in [0.2, 0.25) is 5.91 Å². The fraction of sp³-hybridized carbons (Fsp3) is 0.545. The van der Waals surface area contributed by atoms with Gasteiger partial charge in [0.05, 0.1) is 10.9 Å². The van der Waals surface area contributed by atoms with Crippen LogP contribution in [0.15, 0.2) is 23.0 Å². The number of amides is 2. The van der Waals surface area contributed by atoms with Crippen molar-refractivity contribution in [3.63, 3.8) is 0 Å². The Balaban J connectivity index is 1.49. The van der Waals surface area contributed by atoms with E-state index in [1.165, 1.54) is 6.42 Å². The highest BCUT2D eigenvalue weighted by Crippen LogP contribution is 2.18. The van der Waals surface area contributed by atoms with Gasteiger partial charge >= 0.3 is 0 Å². The molecule has 2 aliphatic rings. The Kier molecular flexibility index (Phi) is 6.32. The van der Waals surface area contributed by atoms with Crippen LogP contribution in [0.2, 0.25) is 0 Å². The maximum atomic E-state index is 12.9. The minimum absolute atomic E-state index is 0.109. The molecule has 0 spiro atoms. The van der Waals surface area contributed by atoms with Gasteiger partial charge in [-0.25, -0.2) is 0 Å². The number of hydrogen-bond acceptors (Lipinski definition) is 4. The molecule has 1 aliphatic heterocycles. The number of aromatic nitrogens is 2. The lowest BCUT2D eigenvalue weighted by Gasteiger charge is -2.22. The van der Waals surface area contributed by atoms with Crippen molar-refractivity contribution in [3.05, 3.63) is 38.9 Å². The Hall–Kier alpha value is -2.48. The molecule has 8 heteroatoms. The van der Waals surface area contributed by atoms with Gasteiger partial charge in [-0.15, -0.1) is 0 Å². The van der Waals surface area contributed by atoms with E-state index in [9.17, 15) is 14.4 Å². The quantitative estimate of drug-likeness (QED) is 0.692. The summed E-state index contributed by atoms with van der Waals surface area (Å²) < 4.78 is 1.88. The van der Waals surface area contributed by atoms with E-state index in [2.05, 4.69) is 10.3 Å². The summed E-state index contributed by atoms with van der Waals surface area (Å²) >= 11 is 5.40. The van der Waals surface area contributed by atoms with Gasteiger partial charge in [0.1, 0.15) is 0 Å². The molecule has 0 atom stereocenters. The average Bonchev–Trinajstić information content (AvgIpc) is 3.15. The smallest absolute Gasteiger partial charge is 0.262 e. The lowest BCUT2D eigenvalue weighted by atomic mass is 9.95. The van der Waals surface area contributed by atoms with E-state index in [-0.39, 0.29) is 23.4 Å². The van der Waals surface area contributed by atoms with Crippen molar-refractivity contribution in [2.75, 3.05) is 13.1 Å². The SMILES string of the molecule is O=C(NC1CCCCC1)c1ccc2c(=O)n(CCCN3CCCC3=O)c(=S)[nH]c2c1. The van der Waals surface area contributed by atoms with Crippen molar-refractivity contribution < 1.29 is 9.59 Å². The number of likely N-dealkylation sites (tertiary alicyclic amines) is 1. The molecule has 160 valence electrons. The molecule has 1 saturated carbocycles. The Morgan fingerprint density at radius 2 is 1.93 bits per heavy atom. The first-order valence-corrected chi connectivity index (χ1v) is 11.3. The van der Waals surface area contributed by atoms with Crippen molar-refractivity contribution in [1.82, 2.24) is 19.8 Å². The molecule has 1 aromatic heterocycles. The fourth-order valence-electron chi connectivity index (χ4n) is 4.47. The number of aromatic amines is 1. The van der Waals surface area contributed by atoms with E-state index in [1.807, 2.05) is 4.90 Å². The molecular formula is C22H28N4O3S. The zero-order chi connectivity index (χ0) is 21.1. The number of nitrogens with zero attached hydrogens (tertiary/aromatic N) is 2. The van der Waals surface area contributed by atoms with Crippen molar-refractivity contribution >= 4 is 34.9 Å². The van der Waals surface area contributed by atoms with E-state index < -0.39 is 0 Å². The topological polar surface area (TPSA) is 87.2 Å². The Bertz CT molecular complexity index is 1070. The number of nitrogens with one attached hydrogen (secondary N) is 2. The van der Waals surface area contributed by atoms with Gasteiger partial charge in [-0.1, -0.05) is 19.3 Å². The van der Waals surface area contributed by atoms with E-state index in [0.717, 1.165) is 38.6 Å². The van der Waals surface area contributed by atoms with Crippen molar-refractivity contribution in [2.24, 2.45) is 0 Å². The second-order valence-electron chi connectivity index (χ2n) is 8.29. The number of carbonyl (C=O) groups is 2. The van der Waals surface area contributed by atoms with E-state index in [0.29, 0.717) is 47.2 Å². The van der Waals surface area contributed by atoms with E-state index in [4.69, 9.17) is 12.2 Å². The van der Waals surface area contributed by atoms with Crippen LogP contribution in [-0.4, -0.2) is 45.4 Å². The molecule has 1 aliphatic carbocycles. The molecule has 0 radical (unpaired) electrons. The first kappa shape index (κ1) is 20.8. The predicted octanol–water partition coefficient (Wildman–Crippen LogP) is 3.13. The van der Waals surface area contributed by atoms with Crippen LogP contribution in [0.3, 0.4) is 0 Å². The summed E-state index contributed by atoms with van der Waals surface area (Å²) in [5.41, 5.74) is 0.941. The molecule has 2 amide bonds. The fourth-order valence-corrected chi connectivity index (χ4v) is 4.76. The van der Waals surface area contributed by atoms with Gasteiger partial charge in [-0.2, -0.15) is 0 Å². The lowest BCUT2D eigenvalue weighted by Crippen LogP contribution is -2.36. The lowest BCUT2D eigenvalue weighted by molar-refractivity contribution is -0.127. The van der Waals surface area contributed by atoms with Crippen molar-refractivity contribution in [2.45, 2.75) is 64.0 Å². The summed E-state index contributed by atoms with van der Waals surface area (Å²) in [4.78, 5) is 42.2. The Morgan fingerprint density at radius 3 is 2.67 bits per heavy atom. The second kappa shape index (κ2) is 9.12. The second-order valence-corrected chi connectivity index (χ2v) is 8.68. The van der Waals surface area contributed by atoms with Gasteiger partial charge in [0.15, 0.2) is 4.77 Å². The highest BCUT2D eigenvalue weighted by Gasteiger charge is 2.20. The zero-order valence-electron chi connectivity index (χ0n) is 17.1. The summed E-state index contributed by atoms with van der Waals surface area (Å²) in [6, 6.07) is 5.33.